The van der Waals surface area contributed by atoms with Crippen LogP contribution in [0.4, 0.5) is 5.82 Å². The van der Waals surface area contributed by atoms with Crippen molar-refractivity contribution in [3.8, 4) is 11.1 Å². The number of carbonyl (C=O) groups excluding carboxylic acids is 2. The number of amides is 2. The highest BCUT2D eigenvalue weighted by molar-refractivity contribution is 5.95. The molecular formula is C31H34N4O2. The number of carbonyl (C=O) groups is 2. The monoisotopic (exact) mass is 494 g/mol. The minimum absolute atomic E-state index is 0.0155. The van der Waals surface area contributed by atoms with Crippen molar-refractivity contribution in [1.29, 1.82) is 0 Å². The van der Waals surface area contributed by atoms with Crippen molar-refractivity contribution in [2.24, 2.45) is 11.8 Å². The maximum atomic E-state index is 13.2. The molecule has 37 heavy (non-hydrogen) atoms. The normalized spacial score (nSPS) is 19.1. The van der Waals surface area contributed by atoms with Crippen LogP contribution in [0.5, 0.6) is 0 Å². The lowest BCUT2D eigenvalue weighted by Crippen LogP contribution is -2.37. The molecule has 0 bridgehead atoms. The van der Waals surface area contributed by atoms with E-state index in [1.807, 2.05) is 47.4 Å². The van der Waals surface area contributed by atoms with Gasteiger partial charge in [0.2, 0.25) is 5.91 Å². The van der Waals surface area contributed by atoms with Crippen LogP contribution in [-0.4, -0.2) is 33.2 Å². The molecule has 2 unspecified atom stereocenters. The standard InChI is InChI=1S/C31H34N4O2/c1-3-22-15-21(2)16-23(17-22)18-29(36)34-30-27-13-14-35(19-28(27)32-20-33-30)31(37)26-11-9-25(10-12-26)24-7-5-4-6-8-24/h4-12,16,20-22H,3,13-15,17-19H2,1-2H3,(H,32,33,34,36). The third-order valence-corrected chi connectivity index (χ3v) is 7.53. The SMILES string of the molecule is CCC1CC(CC(=O)Nc2ncnc3c2CCN(C(=O)c2ccc(-c4ccccc4)cc2)C3)=CC(C)C1. The molecule has 3 aromatic rings. The smallest absolute Gasteiger partial charge is 0.254 e. The summed E-state index contributed by atoms with van der Waals surface area (Å²) in [6.07, 6.45) is 8.10. The third-order valence-electron chi connectivity index (χ3n) is 7.53. The summed E-state index contributed by atoms with van der Waals surface area (Å²) in [6.45, 7) is 5.41. The van der Waals surface area contributed by atoms with E-state index in [2.05, 4.69) is 47.3 Å². The summed E-state index contributed by atoms with van der Waals surface area (Å²) in [5.74, 6) is 1.70. The zero-order valence-corrected chi connectivity index (χ0v) is 21.6. The van der Waals surface area contributed by atoms with Gasteiger partial charge in [-0.3, -0.25) is 9.59 Å². The molecule has 190 valence electrons. The van der Waals surface area contributed by atoms with E-state index in [1.54, 1.807) is 0 Å². The average Bonchev–Trinajstić information content (AvgIpc) is 2.92. The Balaban J connectivity index is 1.24. The number of allylic oxidation sites excluding steroid dienone is 1. The number of nitrogens with one attached hydrogen (secondary N) is 1. The fraction of sp³-hybridized carbons (Fsp3) is 0.355. The Morgan fingerprint density at radius 2 is 1.78 bits per heavy atom. The summed E-state index contributed by atoms with van der Waals surface area (Å²) in [5, 5.41) is 3.03. The first kappa shape index (κ1) is 24.9. The Bertz CT molecular complexity index is 1300. The molecule has 2 aromatic carbocycles. The van der Waals surface area contributed by atoms with Gasteiger partial charge in [-0.05, 0) is 54.4 Å². The van der Waals surface area contributed by atoms with E-state index in [-0.39, 0.29) is 11.8 Å². The van der Waals surface area contributed by atoms with Crippen LogP contribution in [0.25, 0.3) is 11.1 Å². The topological polar surface area (TPSA) is 75.2 Å². The van der Waals surface area contributed by atoms with Crippen LogP contribution in [-0.2, 0) is 17.8 Å². The minimum Gasteiger partial charge on any atom is -0.332 e. The molecule has 2 atom stereocenters. The summed E-state index contributed by atoms with van der Waals surface area (Å²) in [6, 6.07) is 17.9. The van der Waals surface area contributed by atoms with Gasteiger partial charge in [-0.25, -0.2) is 9.97 Å². The average molecular weight is 495 g/mol. The molecule has 0 spiro atoms. The number of nitrogens with zero attached hydrogens (tertiary/aromatic N) is 3. The van der Waals surface area contributed by atoms with Crippen molar-refractivity contribution in [2.45, 2.75) is 52.5 Å². The van der Waals surface area contributed by atoms with Gasteiger partial charge in [0.15, 0.2) is 0 Å². The van der Waals surface area contributed by atoms with Crippen LogP contribution < -0.4 is 5.32 Å². The Kier molecular flexibility index (Phi) is 7.45. The molecule has 0 radical (unpaired) electrons. The molecule has 2 aliphatic rings. The van der Waals surface area contributed by atoms with E-state index in [0.29, 0.717) is 49.1 Å². The summed E-state index contributed by atoms with van der Waals surface area (Å²) >= 11 is 0. The van der Waals surface area contributed by atoms with Gasteiger partial charge < -0.3 is 10.2 Å². The minimum atomic E-state index is -0.0342. The fourth-order valence-corrected chi connectivity index (χ4v) is 5.60. The quantitative estimate of drug-likeness (QED) is 0.423. The van der Waals surface area contributed by atoms with Crippen molar-refractivity contribution in [2.75, 3.05) is 11.9 Å². The van der Waals surface area contributed by atoms with Crippen LogP contribution in [0.1, 0.15) is 61.1 Å². The van der Waals surface area contributed by atoms with Gasteiger partial charge in [0.1, 0.15) is 12.1 Å². The zero-order chi connectivity index (χ0) is 25.8. The van der Waals surface area contributed by atoms with E-state index in [0.717, 1.165) is 35.2 Å². The van der Waals surface area contributed by atoms with Gasteiger partial charge >= 0.3 is 0 Å². The third kappa shape index (κ3) is 5.79. The molecule has 0 fully saturated rings. The van der Waals surface area contributed by atoms with E-state index in [4.69, 9.17) is 0 Å². The lowest BCUT2D eigenvalue weighted by molar-refractivity contribution is -0.115. The highest BCUT2D eigenvalue weighted by Crippen LogP contribution is 2.32. The summed E-state index contributed by atoms with van der Waals surface area (Å²) in [5.41, 5.74) is 5.81. The van der Waals surface area contributed by atoms with E-state index < -0.39 is 0 Å². The molecule has 1 aliphatic carbocycles. The molecule has 1 N–H and O–H groups in total. The van der Waals surface area contributed by atoms with Gasteiger partial charge in [0.25, 0.3) is 5.91 Å². The van der Waals surface area contributed by atoms with Gasteiger partial charge in [0.05, 0.1) is 12.2 Å². The van der Waals surface area contributed by atoms with Crippen LogP contribution in [0.3, 0.4) is 0 Å². The molecule has 6 heteroatoms. The highest BCUT2D eigenvalue weighted by atomic mass is 16.2. The maximum Gasteiger partial charge on any atom is 0.254 e. The lowest BCUT2D eigenvalue weighted by atomic mass is 9.81. The van der Waals surface area contributed by atoms with Crippen LogP contribution in [0.2, 0.25) is 0 Å². The molecule has 2 amide bonds. The predicted molar refractivity (Wildman–Crippen MR) is 146 cm³/mol. The van der Waals surface area contributed by atoms with Crippen molar-refractivity contribution in [1.82, 2.24) is 14.9 Å². The summed E-state index contributed by atoms with van der Waals surface area (Å²) < 4.78 is 0. The van der Waals surface area contributed by atoms with Gasteiger partial charge in [-0.15, -0.1) is 0 Å². The number of aromatic nitrogens is 2. The Labute approximate surface area is 218 Å². The second-order valence-corrected chi connectivity index (χ2v) is 10.3. The largest absolute Gasteiger partial charge is 0.332 e. The number of anilines is 1. The molecule has 6 nitrogen and oxygen atoms in total. The number of benzene rings is 2. The molecule has 0 saturated carbocycles. The lowest BCUT2D eigenvalue weighted by Gasteiger charge is -2.29. The first-order valence-electron chi connectivity index (χ1n) is 13.3. The fourth-order valence-electron chi connectivity index (χ4n) is 5.60. The molecule has 0 saturated heterocycles. The van der Waals surface area contributed by atoms with Crippen molar-refractivity contribution in [3.05, 3.63) is 89.4 Å². The Hall–Kier alpha value is -3.80. The van der Waals surface area contributed by atoms with Crippen molar-refractivity contribution in [3.63, 3.8) is 0 Å². The molecular weight excluding hydrogens is 460 g/mol. The van der Waals surface area contributed by atoms with Crippen molar-refractivity contribution >= 4 is 17.6 Å². The second-order valence-electron chi connectivity index (χ2n) is 10.3. The molecule has 1 aromatic heterocycles. The maximum absolute atomic E-state index is 13.2. The molecule has 2 heterocycles. The predicted octanol–water partition coefficient (Wildman–Crippen LogP) is 6.05. The summed E-state index contributed by atoms with van der Waals surface area (Å²) in [4.78, 5) is 36.7. The second kappa shape index (κ2) is 11.1. The van der Waals surface area contributed by atoms with Crippen molar-refractivity contribution < 1.29 is 9.59 Å². The first-order chi connectivity index (χ1) is 18.0. The number of hydrogen-bond acceptors (Lipinski definition) is 4. The van der Waals surface area contributed by atoms with Crippen LogP contribution in [0.15, 0.2) is 72.6 Å². The van der Waals surface area contributed by atoms with Crippen LogP contribution >= 0.6 is 0 Å². The van der Waals surface area contributed by atoms with Gasteiger partial charge in [-0.1, -0.05) is 74.4 Å². The highest BCUT2D eigenvalue weighted by Gasteiger charge is 2.26. The summed E-state index contributed by atoms with van der Waals surface area (Å²) in [7, 11) is 0. The first-order valence-corrected chi connectivity index (χ1v) is 13.3. The number of fused-ring (bicyclic) bond motifs is 1. The van der Waals surface area contributed by atoms with Crippen LogP contribution in [0, 0.1) is 11.8 Å². The zero-order valence-electron chi connectivity index (χ0n) is 21.6. The molecule has 5 rings (SSSR count). The number of rotatable bonds is 6. The molecule has 1 aliphatic heterocycles. The van der Waals surface area contributed by atoms with E-state index in [1.165, 1.54) is 18.3 Å². The Morgan fingerprint density at radius 3 is 2.54 bits per heavy atom. The number of hydrogen-bond donors (Lipinski definition) is 1. The van der Waals surface area contributed by atoms with Gasteiger partial charge in [0, 0.05) is 24.1 Å². The Morgan fingerprint density at radius 1 is 1.03 bits per heavy atom. The van der Waals surface area contributed by atoms with Gasteiger partial charge in [-0.2, -0.15) is 0 Å². The van der Waals surface area contributed by atoms with E-state index >= 15 is 0 Å². The van der Waals surface area contributed by atoms with E-state index in [9.17, 15) is 9.59 Å².